The fraction of sp³-hybridized carbons (Fsp3) is 0.951. The molecule has 8 unspecified atom stereocenters. The highest BCUT2D eigenvalue weighted by Gasteiger charge is 2.44. The van der Waals surface area contributed by atoms with Crippen LogP contribution in [0.5, 0.6) is 0 Å². The van der Waals surface area contributed by atoms with Crippen molar-refractivity contribution in [3.63, 3.8) is 0 Å². The smallest absolute Gasteiger partial charge is 0.249 e. The molecule has 1 aliphatic rings. The van der Waals surface area contributed by atoms with Crippen LogP contribution in [0.15, 0.2) is 12.2 Å². The van der Waals surface area contributed by atoms with E-state index in [4.69, 9.17) is 9.47 Å². The molecule has 0 aromatic rings. The van der Waals surface area contributed by atoms with Crippen molar-refractivity contribution >= 4 is 5.91 Å². The summed E-state index contributed by atoms with van der Waals surface area (Å²) in [5.41, 5.74) is 0. The minimum absolute atomic E-state index is 0.251. The average molecular weight is 1010 g/mol. The monoisotopic (exact) mass is 1010 g/mol. The van der Waals surface area contributed by atoms with Crippen LogP contribution in [0.25, 0.3) is 0 Å². The first-order valence-corrected chi connectivity index (χ1v) is 31.0. The van der Waals surface area contributed by atoms with Crippen LogP contribution in [-0.4, -0.2) is 98.7 Å². The van der Waals surface area contributed by atoms with Gasteiger partial charge in [-0.05, 0) is 38.5 Å². The molecule has 1 amide bonds. The molecule has 0 bridgehead atoms. The van der Waals surface area contributed by atoms with Gasteiger partial charge in [0.1, 0.15) is 30.5 Å². The number of nitrogens with one attached hydrogen (secondary N) is 1. The molecule has 1 fully saturated rings. The summed E-state index contributed by atoms with van der Waals surface area (Å²) in [6, 6.07) is -0.892. The summed E-state index contributed by atoms with van der Waals surface area (Å²) in [5.74, 6) is -0.578. The fourth-order valence-corrected chi connectivity index (χ4v) is 10.2. The lowest BCUT2D eigenvalue weighted by Gasteiger charge is -2.40. The van der Waals surface area contributed by atoms with Crippen molar-refractivity contribution < 1.29 is 44.9 Å². The largest absolute Gasteiger partial charge is 0.394 e. The molecule has 0 aliphatic carbocycles. The summed E-state index contributed by atoms with van der Waals surface area (Å²) in [4.78, 5) is 13.2. The van der Waals surface area contributed by atoms with Crippen LogP contribution in [0.3, 0.4) is 0 Å². The number of carbonyl (C=O) groups excluding carboxylic acids is 1. The van der Waals surface area contributed by atoms with Crippen LogP contribution in [0.1, 0.15) is 309 Å². The van der Waals surface area contributed by atoms with Gasteiger partial charge in [0, 0.05) is 0 Å². The Hall–Kier alpha value is -1.11. The number of hydrogen-bond acceptors (Lipinski definition) is 9. The molecule has 0 aromatic heterocycles. The Morgan fingerprint density at radius 2 is 0.789 bits per heavy atom. The highest BCUT2D eigenvalue weighted by Crippen LogP contribution is 2.24. The molecule has 8 atom stereocenters. The van der Waals surface area contributed by atoms with Crippen molar-refractivity contribution in [2.75, 3.05) is 13.2 Å². The lowest BCUT2D eigenvalue weighted by Crippen LogP contribution is -2.60. The van der Waals surface area contributed by atoms with E-state index in [1.807, 2.05) is 0 Å². The number of rotatable bonds is 54. The third-order valence-electron chi connectivity index (χ3n) is 15.2. The Morgan fingerprint density at radius 1 is 0.465 bits per heavy atom. The molecule has 71 heavy (non-hydrogen) atoms. The zero-order chi connectivity index (χ0) is 51.7. The highest BCUT2D eigenvalue weighted by atomic mass is 16.7. The Labute approximate surface area is 438 Å². The number of allylic oxidation sites excluding steroid dienone is 2. The third-order valence-corrected chi connectivity index (χ3v) is 15.2. The van der Waals surface area contributed by atoms with E-state index in [1.54, 1.807) is 0 Å². The zero-order valence-corrected chi connectivity index (χ0v) is 46.6. The van der Waals surface area contributed by atoms with Crippen molar-refractivity contribution in [3.8, 4) is 0 Å². The predicted octanol–water partition coefficient (Wildman–Crippen LogP) is 14.6. The second-order valence-corrected chi connectivity index (χ2v) is 22.0. The van der Waals surface area contributed by atoms with E-state index in [0.717, 1.165) is 44.9 Å². The maximum atomic E-state index is 13.2. The molecule has 422 valence electrons. The summed E-state index contributed by atoms with van der Waals surface area (Å²) in [6.45, 7) is 3.72. The molecular weight excluding hydrogens is 891 g/mol. The molecule has 10 heteroatoms. The quantitative estimate of drug-likeness (QED) is 0.0232. The summed E-state index contributed by atoms with van der Waals surface area (Å²) in [5, 5.41) is 65.3. The zero-order valence-electron chi connectivity index (χ0n) is 46.6. The summed E-state index contributed by atoms with van der Waals surface area (Å²) in [7, 11) is 0. The van der Waals surface area contributed by atoms with Crippen molar-refractivity contribution in [2.24, 2.45) is 0 Å². The minimum atomic E-state index is -1.60. The summed E-state index contributed by atoms with van der Waals surface area (Å²) < 4.78 is 11.3. The minimum Gasteiger partial charge on any atom is -0.394 e. The molecule has 1 saturated heterocycles. The molecule has 0 radical (unpaired) electrons. The number of amides is 1. The fourth-order valence-electron chi connectivity index (χ4n) is 10.2. The van der Waals surface area contributed by atoms with E-state index >= 15 is 0 Å². The second kappa shape index (κ2) is 51.0. The average Bonchev–Trinajstić information content (AvgIpc) is 3.37. The topological polar surface area (TPSA) is 169 Å². The summed E-state index contributed by atoms with van der Waals surface area (Å²) >= 11 is 0. The lowest BCUT2D eigenvalue weighted by atomic mass is 9.99. The van der Waals surface area contributed by atoms with E-state index in [9.17, 15) is 35.4 Å². The first-order valence-electron chi connectivity index (χ1n) is 31.0. The van der Waals surface area contributed by atoms with Crippen LogP contribution in [0, 0.1) is 0 Å². The van der Waals surface area contributed by atoms with Crippen molar-refractivity contribution in [1.29, 1.82) is 0 Å². The van der Waals surface area contributed by atoms with Gasteiger partial charge in [-0.1, -0.05) is 283 Å². The van der Waals surface area contributed by atoms with Gasteiger partial charge in [-0.25, -0.2) is 0 Å². The highest BCUT2D eigenvalue weighted by molar-refractivity contribution is 5.80. The van der Waals surface area contributed by atoms with Crippen LogP contribution in [0.4, 0.5) is 0 Å². The van der Waals surface area contributed by atoms with E-state index in [1.165, 1.54) is 238 Å². The molecule has 1 rings (SSSR count). The predicted molar refractivity (Wildman–Crippen MR) is 297 cm³/mol. The number of ether oxygens (including phenoxy) is 2. The first-order chi connectivity index (χ1) is 34.8. The Morgan fingerprint density at radius 3 is 1.14 bits per heavy atom. The molecule has 0 spiro atoms. The van der Waals surface area contributed by atoms with Crippen LogP contribution >= 0.6 is 0 Å². The van der Waals surface area contributed by atoms with Crippen LogP contribution < -0.4 is 5.32 Å². The standard InChI is InChI=1S/C61H119NO9/c1-3-5-7-9-11-13-15-17-19-21-22-23-24-25-26-27-28-29-30-31-32-34-36-38-40-42-44-46-48-50-55(65)60(69)62-53(52-70-61-59(68)58(67)57(66)56(51-63)71-61)54(64)49-47-45-43-41-39-37-35-33-20-18-16-14-12-10-8-6-4-2/h25-26,53-59,61,63-68H,3-24,27-52H2,1-2H3,(H,62,69)/b26-25-. The normalized spacial score (nSPS) is 19.7. The molecule has 1 heterocycles. The van der Waals surface area contributed by atoms with Gasteiger partial charge in [-0.3, -0.25) is 4.79 Å². The van der Waals surface area contributed by atoms with Crippen LogP contribution in [0.2, 0.25) is 0 Å². The van der Waals surface area contributed by atoms with Gasteiger partial charge in [0.15, 0.2) is 6.29 Å². The van der Waals surface area contributed by atoms with Gasteiger partial charge in [0.05, 0.1) is 25.4 Å². The van der Waals surface area contributed by atoms with Crippen LogP contribution in [-0.2, 0) is 14.3 Å². The molecular formula is C61H119NO9. The first kappa shape index (κ1) is 67.9. The Kier molecular flexibility index (Phi) is 48.8. The Bertz CT molecular complexity index is 1140. The third kappa shape index (κ3) is 39.9. The number of unbranched alkanes of at least 4 members (excludes halogenated alkanes) is 41. The molecule has 0 saturated carbocycles. The maximum absolute atomic E-state index is 13.2. The maximum Gasteiger partial charge on any atom is 0.249 e. The van der Waals surface area contributed by atoms with E-state index in [2.05, 4.69) is 31.3 Å². The second-order valence-electron chi connectivity index (χ2n) is 22.0. The number of carbonyl (C=O) groups is 1. The van der Waals surface area contributed by atoms with Gasteiger partial charge in [0.25, 0.3) is 0 Å². The molecule has 7 N–H and O–H groups in total. The molecule has 1 aliphatic heterocycles. The van der Waals surface area contributed by atoms with Gasteiger partial charge in [-0.2, -0.15) is 0 Å². The van der Waals surface area contributed by atoms with Crippen molar-refractivity contribution in [1.82, 2.24) is 5.32 Å². The van der Waals surface area contributed by atoms with E-state index < -0.39 is 61.5 Å². The summed E-state index contributed by atoms with van der Waals surface area (Å²) in [6.07, 6.45) is 52.9. The van der Waals surface area contributed by atoms with Crippen molar-refractivity contribution in [2.45, 2.75) is 358 Å². The van der Waals surface area contributed by atoms with Gasteiger partial charge < -0.3 is 45.4 Å². The Balaban J connectivity index is 2.18. The van der Waals surface area contributed by atoms with Gasteiger partial charge in [-0.15, -0.1) is 0 Å². The molecule has 10 nitrogen and oxygen atoms in total. The number of hydrogen-bond donors (Lipinski definition) is 7. The number of aliphatic hydroxyl groups is 6. The SMILES string of the molecule is CCCCCCCCCCCCCC/C=C\CCCCCCCCCCCCCCCC(O)C(=O)NC(COC1OC(CO)C(O)C(O)C1O)C(O)CCCCCCCCCCCCCCCCCCC. The number of aliphatic hydroxyl groups excluding tert-OH is 6. The van der Waals surface area contributed by atoms with E-state index in [0.29, 0.717) is 12.8 Å². The van der Waals surface area contributed by atoms with Gasteiger partial charge in [0.2, 0.25) is 5.91 Å². The van der Waals surface area contributed by atoms with Crippen molar-refractivity contribution in [3.05, 3.63) is 12.2 Å². The molecule has 0 aromatic carbocycles. The lowest BCUT2D eigenvalue weighted by molar-refractivity contribution is -0.302. The van der Waals surface area contributed by atoms with E-state index in [-0.39, 0.29) is 6.61 Å². The van der Waals surface area contributed by atoms with Gasteiger partial charge >= 0.3 is 0 Å².